The lowest BCUT2D eigenvalue weighted by molar-refractivity contribution is 0.716. The van der Waals surface area contributed by atoms with Gasteiger partial charge in [-0.1, -0.05) is 6.92 Å². The molecule has 1 heterocycles. The number of aromatic amines is 1. The van der Waals surface area contributed by atoms with Gasteiger partial charge in [0.25, 0.3) is 5.56 Å². The average Bonchev–Trinajstić information content (AvgIpc) is 2.03. The molecule has 12 heavy (non-hydrogen) atoms. The van der Waals surface area contributed by atoms with E-state index in [1.807, 2.05) is 6.92 Å². The van der Waals surface area contributed by atoms with Crippen LogP contribution in [0.4, 0.5) is 5.95 Å². The Morgan fingerprint density at radius 3 is 3.08 bits per heavy atom. The molecule has 4 N–H and O–H groups in total. The van der Waals surface area contributed by atoms with Crippen molar-refractivity contribution in [1.29, 1.82) is 0 Å². The molecule has 66 valence electrons. The van der Waals surface area contributed by atoms with Crippen molar-refractivity contribution < 1.29 is 0 Å². The molecule has 5 nitrogen and oxygen atoms in total. The van der Waals surface area contributed by atoms with Crippen LogP contribution in [-0.2, 0) is 6.54 Å². The number of hydrogen-bond acceptors (Lipinski definition) is 4. The topological polar surface area (TPSA) is 83.8 Å². The molecule has 0 spiro atoms. The van der Waals surface area contributed by atoms with E-state index in [1.165, 1.54) is 6.20 Å². The molecular weight excluding hydrogens is 156 g/mol. The molecule has 0 saturated carbocycles. The fourth-order valence-corrected chi connectivity index (χ4v) is 0.821. The Kier molecular flexibility index (Phi) is 2.82. The summed E-state index contributed by atoms with van der Waals surface area (Å²) in [6.07, 6.45) is 1.48. The lowest BCUT2D eigenvalue weighted by Crippen LogP contribution is -2.22. The van der Waals surface area contributed by atoms with E-state index in [9.17, 15) is 4.79 Å². The van der Waals surface area contributed by atoms with Gasteiger partial charge in [0.2, 0.25) is 0 Å². The first-order chi connectivity index (χ1) is 5.74. The van der Waals surface area contributed by atoms with Gasteiger partial charge in [0.05, 0.1) is 0 Å². The van der Waals surface area contributed by atoms with Crippen molar-refractivity contribution in [3.05, 3.63) is 22.1 Å². The van der Waals surface area contributed by atoms with Crippen LogP contribution in [0.2, 0.25) is 0 Å². The summed E-state index contributed by atoms with van der Waals surface area (Å²) >= 11 is 0. The first-order valence-corrected chi connectivity index (χ1v) is 3.78. The van der Waals surface area contributed by atoms with E-state index in [0.717, 1.165) is 6.54 Å². The summed E-state index contributed by atoms with van der Waals surface area (Å²) in [5.41, 5.74) is 5.69. The minimum atomic E-state index is -0.177. The molecule has 1 aromatic heterocycles. The van der Waals surface area contributed by atoms with Crippen molar-refractivity contribution in [1.82, 2.24) is 15.3 Å². The number of anilines is 1. The lowest BCUT2D eigenvalue weighted by atomic mass is 10.3. The Bertz CT molecular complexity index is 307. The molecule has 0 bridgehead atoms. The van der Waals surface area contributed by atoms with Gasteiger partial charge in [-0.05, 0) is 6.54 Å². The summed E-state index contributed by atoms with van der Waals surface area (Å²) in [6.45, 7) is 3.32. The Labute approximate surface area is 70.0 Å². The molecule has 0 aliphatic carbocycles. The van der Waals surface area contributed by atoms with Crippen molar-refractivity contribution in [3.63, 3.8) is 0 Å². The highest BCUT2D eigenvalue weighted by Gasteiger charge is 1.98. The minimum absolute atomic E-state index is 0.153. The van der Waals surface area contributed by atoms with Crippen LogP contribution in [-0.4, -0.2) is 16.5 Å². The number of nitrogen functional groups attached to an aromatic ring is 1. The Morgan fingerprint density at radius 1 is 1.75 bits per heavy atom. The number of hydrogen-bond donors (Lipinski definition) is 3. The lowest BCUT2D eigenvalue weighted by Gasteiger charge is -1.99. The van der Waals surface area contributed by atoms with Crippen molar-refractivity contribution in [2.75, 3.05) is 12.3 Å². The number of nitrogens with zero attached hydrogens (tertiary/aromatic N) is 1. The average molecular weight is 168 g/mol. The van der Waals surface area contributed by atoms with E-state index in [0.29, 0.717) is 12.1 Å². The van der Waals surface area contributed by atoms with Gasteiger partial charge in [0.1, 0.15) is 0 Å². The van der Waals surface area contributed by atoms with Gasteiger partial charge in [-0.3, -0.25) is 9.78 Å². The fourth-order valence-electron chi connectivity index (χ4n) is 0.821. The molecule has 1 rings (SSSR count). The van der Waals surface area contributed by atoms with Crippen LogP contribution in [0.25, 0.3) is 0 Å². The SMILES string of the molecule is CCNCc1cnc(N)[nH]c1=O. The molecule has 0 fully saturated rings. The molecule has 0 aliphatic heterocycles. The second-order valence-electron chi connectivity index (χ2n) is 2.40. The zero-order valence-corrected chi connectivity index (χ0v) is 6.92. The molecule has 0 unspecified atom stereocenters. The third-order valence-corrected chi connectivity index (χ3v) is 1.46. The van der Waals surface area contributed by atoms with E-state index in [2.05, 4.69) is 15.3 Å². The van der Waals surface area contributed by atoms with Crippen LogP contribution in [0, 0.1) is 0 Å². The maximum atomic E-state index is 11.1. The summed E-state index contributed by atoms with van der Waals surface area (Å²) < 4.78 is 0. The highest BCUT2D eigenvalue weighted by atomic mass is 16.1. The van der Waals surface area contributed by atoms with Gasteiger partial charge in [-0.25, -0.2) is 4.98 Å². The standard InChI is InChI=1S/C7H12N4O/c1-2-9-3-5-4-10-7(8)11-6(5)12/h4,9H,2-3H2,1H3,(H3,8,10,11,12). The summed E-state index contributed by atoms with van der Waals surface area (Å²) in [4.78, 5) is 17.3. The monoisotopic (exact) mass is 168 g/mol. The third-order valence-electron chi connectivity index (χ3n) is 1.46. The predicted molar refractivity (Wildman–Crippen MR) is 46.7 cm³/mol. The van der Waals surface area contributed by atoms with Crippen LogP contribution in [0.15, 0.2) is 11.0 Å². The van der Waals surface area contributed by atoms with Crippen molar-refractivity contribution in [3.8, 4) is 0 Å². The van der Waals surface area contributed by atoms with E-state index in [4.69, 9.17) is 5.73 Å². The first kappa shape index (κ1) is 8.73. The second-order valence-corrected chi connectivity index (χ2v) is 2.40. The molecular formula is C7H12N4O. The predicted octanol–water partition coefficient (Wildman–Crippen LogP) is -0.538. The van der Waals surface area contributed by atoms with Crippen molar-refractivity contribution in [2.45, 2.75) is 13.5 Å². The van der Waals surface area contributed by atoms with Gasteiger partial charge < -0.3 is 11.1 Å². The van der Waals surface area contributed by atoms with Crippen LogP contribution < -0.4 is 16.6 Å². The Hall–Kier alpha value is -1.36. The number of nitrogens with one attached hydrogen (secondary N) is 2. The molecule has 5 heteroatoms. The van der Waals surface area contributed by atoms with Crippen LogP contribution in [0.3, 0.4) is 0 Å². The van der Waals surface area contributed by atoms with Crippen molar-refractivity contribution >= 4 is 5.95 Å². The molecule has 1 aromatic rings. The normalized spacial score (nSPS) is 10.1. The summed E-state index contributed by atoms with van der Waals surface area (Å²) in [7, 11) is 0. The molecule has 0 radical (unpaired) electrons. The largest absolute Gasteiger partial charge is 0.369 e. The molecule has 0 saturated heterocycles. The van der Waals surface area contributed by atoms with Crippen LogP contribution in [0.1, 0.15) is 12.5 Å². The van der Waals surface area contributed by atoms with Gasteiger partial charge in [0, 0.05) is 18.3 Å². The minimum Gasteiger partial charge on any atom is -0.369 e. The quantitative estimate of drug-likeness (QED) is 0.566. The second kappa shape index (κ2) is 3.87. The Morgan fingerprint density at radius 2 is 2.50 bits per heavy atom. The highest BCUT2D eigenvalue weighted by Crippen LogP contribution is 1.88. The van der Waals surface area contributed by atoms with E-state index in [-0.39, 0.29) is 11.5 Å². The Balaban J connectivity index is 2.80. The first-order valence-electron chi connectivity index (χ1n) is 3.78. The number of nitrogens with two attached hydrogens (primary N) is 1. The van der Waals surface area contributed by atoms with E-state index in [1.54, 1.807) is 0 Å². The van der Waals surface area contributed by atoms with Crippen molar-refractivity contribution in [2.24, 2.45) is 0 Å². The molecule has 0 atom stereocenters. The van der Waals surface area contributed by atoms with Gasteiger partial charge >= 0.3 is 0 Å². The number of rotatable bonds is 3. The maximum Gasteiger partial charge on any atom is 0.256 e. The third kappa shape index (κ3) is 2.06. The van der Waals surface area contributed by atoms with E-state index >= 15 is 0 Å². The maximum absolute atomic E-state index is 11.1. The number of H-pyrrole nitrogens is 1. The van der Waals surface area contributed by atoms with Gasteiger partial charge in [-0.15, -0.1) is 0 Å². The summed E-state index contributed by atoms with van der Waals surface area (Å²) in [5, 5.41) is 3.02. The zero-order valence-electron chi connectivity index (χ0n) is 6.92. The summed E-state index contributed by atoms with van der Waals surface area (Å²) in [6, 6.07) is 0. The summed E-state index contributed by atoms with van der Waals surface area (Å²) in [5.74, 6) is 0.153. The molecule has 0 aromatic carbocycles. The number of aromatic nitrogens is 2. The fraction of sp³-hybridized carbons (Fsp3) is 0.429. The van der Waals surface area contributed by atoms with Crippen LogP contribution in [0.5, 0.6) is 0 Å². The zero-order chi connectivity index (χ0) is 8.97. The smallest absolute Gasteiger partial charge is 0.256 e. The highest BCUT2D eigenvalue weighted by molar-refractivity contribution is 5.17. The molecule has 0 amide bonds. The van der Waals surface area contributed by atoms with Gasteiger partial charge in [-0.2, -0.15) is 0 Å². The molecule has 0 aliphatic rings. The van der Waals surface area contributed by atoms with E-state index < -0.39 is 0 Å². The van der Waals surface area contributed by atoms with Crippen LogP contribution >= 0.6 is 0 Å². The van der Waals surface area contributed by atoms with Gasteiger partial charge in [0.15, 0.2) is 5.95 Å².